The van der Waals surface area contributed by atoms with Crippen molar-refractivity contribution in [2.75, 3.05) is 0 Å². The molecule has 1 aliphatic rings. The molecule has 20 heavy (non-hydrogen) atoms. The van der Waals surface area contributed by atoms with Crippen LogP contribution in [0.15, 0.2) is 71.2 Å². The van der Waals surface area contributed by atoms with Crippen molar-refractivity contribution in [3.05, 3.63) is 82.3 Å². The Morgan fingerprint density at radius 2 is 1.35 bits per heavy atom. The summed E-state index contributed by atoms with van der Waals surface area (Å²) in [6, 6.07) is 23.9. The van der Waals surface area contributed by atoms with Crippen LogP contribution in [0.3, 0.4) is 0 Å². The number of fused-ring (bicyclic) bond motifs is 3. The zero-order chi connectivity index (χ0) is 13.5. The average molecular weight is 321 g/mol. The van der Waals surface area contributed by atoms with Gasteiger partial charge in [0.2, 0.25) is 0 Å². The average Bonchev–Trinajstić information content (AvgIpc) is 2.85. The minimum Gasteiger partial charge on any atom is -0.0619 e. The van der Waals surface area contributed by atoms with E-state index in [0.717, 1.165) is 10.9 Å². The molecule has 0 unspecified atom stereocenters. The summed E-state index contributed by atoms with van der Waals surface area (Å²) in [7, 11) is 0. The SMILES string of the molecule is Brc1ccccc1-c1ccc2c(c1)Cc1ccccc1-2. The molecule has 0 saturated heterocycles. The second-order valence-electron chi connectivity index (χ2n) is 5.19. The Morgan fingerprint density at radius 1 is 0.650 bits per heavy atom. The Kier molecular flexibility index (Phi) is 2.75. The van der Waals surface area contributed by atoms with Gasteiger partial charge in [-0.05, 0) is 45.9 Å². The molecule has 1 aliphatic carbocycles. The molecular formula is C19H13Br. The number of rotatable bonds is 1. The lowest BCUT2D eigenvalue weighted by molar-refractivity contribution is 1.26. The van der Waals surface area contributed by atoms with Gasteiger partial charge in [-0.1, -0.05) is 76.6 Å². The summed E-state index contributed by atoms with van der Waals surface area (Å²) in [4.78, 5) is 0. The quantitative estimate of drug-likeness (QED) is 0.423. The van der Waals surface area contributed by atoms with E-state index in [1.54, 1.807) is 0 Å². The standard InChI is InChI=1S/C19H13Br/c20-19-8-4-3-7-18(19)14-9-10-17-15(12-14)11-13-5-1-2-6-16(13)17/h1-10,12H,11H2. The fourth-order valence-corrected chi connectivity index (χ4v) is 3.52. The van der Waals surface area contributed by atoms with Gasteiger partial charge < -0.3 is 0 Å². The summed E-state index contributed by atoms with van der Waals surface area (Å²) in [5.74, 6) is 0. The molecule has 0 aliphatic heterocycles. The van der Waals surface area contributed by atoms with Gasteiger partial charge in [0.05, 0.1) is 0 Å². The van der Waals surface area contributed by atoms with Gasteiger partial charge in [0, 0.05) is 4.47 Å². The van der Waals surface area contributed by atoms with Crippen LogP contribution >= 0.6 is 15.9 Å². The Balaban J connectivity index is 1.85. The monoisotopic (exact) mass is 320 g/mol. The van der Waals surface area contributed by atoms with E-state index in [1.807, 2.05) is 0 Å². The lowest BCUT2D eigenvalue weighted by atomic mass is 9.99. The van der Waals surface area contributed by atoms with E-state index in [2.05, 4.69) is 82.7 Å². The van der Waals surface area contributed by atoms with Crippen molar-refractivity contribution in [1.82, 2.24) is 0 Å². The van der Waals surface area contributed by atoms with Crippen LogP contribution in [0.2, 0.25) is 0 Å². The maximum Gasteiger partial charge on any atom is 0.0253 e. The molecule has 0 atom stereocenters. The third-order valence-electron chi connectivity index (χ3n) is 3.98. The smallest absolute Gasteiger partial charge is 0.0253 e. The first-order valence-electron chi connectivity index (χ1n) is 6.79. The molecule has 0 saturated carbocycles. The summed E-state index contributed by atoms with van der Waals surface area (Å²) in [5.41, 5.74) is 8.18. The van der Waals surface area contributed by atoms with Gasteiger partial charge in [0.25, 0.3) is 0 Å². The summed E-state index contributed by atoms with van der Waals surface area (Å²) >= 11 is 3.64. The van der Waals surface area contributed by atoms with E-state index in [1.165, 1.54) is 33.4 Å². The van der Waals surface area contributed by atoms with E-state index in [4.69, 9.17) is 0 Å². The fraction of sp³-hybridized carbons (Fsp3) is 0.0526. The number of hydrogen-bond donors (Lipinski definition) is 0. The lowest BCUT2D eigenvalue weighted by Crippen LogP contribution is -1.84. The Bertz CT molecular complexity index is 802. The zero-order valence-electron chi connectivity index (χ0n) is 10.9. The van der Waals surface area contributed by atoms with Crippen molar-refractivity contribution < 1.29 is 0 Å². The van der Waals surface area contributed by atoms with Crippen molar-refractivity contribution in [3.63, 3.8) is 0 Å². The van der Waals surface area contributed by atoms with Gasteiger partial charge in [-0.25, -0.2) is 0 Å². The molecule has 96 valence electrons. The van der Waals surface area contributed by atoms with Crippen LogP contribution in [0, 0.1) is 0 Å². The normalized spacial score (nSPS) is 12.1. The molecule has 0 nitrogen and oxygen atoms in total. The van der Waals surface area contributed by atoms with Gasteiger partial charge in [-0.15, -0.1) is 0 Å². The van der Waals surface area contributed by atoms with Crippen molar-refractivity contribution in [1.29, 1.82) is 0 Å². The van der Waals surface area contributed by atoms with Gasteiger partial charge in [-0.3, -0.25) is 0 Å². The molecule has 0 aromatic heterocycles. The molecule has 0 radical (unpaired) electrons. The second kappa shape index (κ2) is 4.60. The van der Waals surface area contributed by atoms with E-state index < -0.39 is 0 Å². The first-order valence-corrected chi connectivity index (χ1v) is 7.58. The Morgan fingerprint density at radius 3 is 2.20 bits per heavy atom. The largest absolute Gasteiger partial charge is 0.0619 e. The third kappa shape index (κ3) is 1.82. The van der Waals surface area contributed by atoms with E-state index in [9.17, 15) is 0 Å². The van der Waals surface area contributed by atoms with E-state index in [0.29, 0.717) is 0 Å². The molecule has 4 rings (SSSR count). The molecule has 0 amide bonds. The van der Waals surface area contributed by atoms with Gasteiger partial charge in [-0.2, -0.15) is 0 Å². The molecule has 3 aromatic carbocycles. The van der Waals surface area contributed by atoms with Crippen LogP contribution in [0.25, 0.3) is 22.3 Å². The molecule has 0 spiro atoms. The van der Waals surface area contributed by atoms with Crippen LogP contribution in [-0.4, -0.2) is 0 Å². The van der Waals surface area contributed by atoms with Gasteiger partial charge in [0.15, 0.2) is 0 Å². The first-order chi connectivity index (χ1) is 9.83. The van der Waals surface area contributed by atoms with Crippen molar-refractivity contribution in [2.24, 2.45) is 0 Å². The summed E-state index contributed by atoms with van der Waals surface area (Å²) < 4.78 is 1.15. The first kappa shape index (κ1) is 11.9. The number of halogens is 1. The molecule has 0 bridgehead atoms. The number of benzene rings is 3. The second-order valence-corrected chi connectivity index (χ2v) is 6.04. The summed E-state index contributed by atoms with van der Waals surface area (Å²) in [6.45, 7) is 0. The van der Waals surface area contributed by atoms with Crippen LogP contribution in [-0.2, 0) is 6.42 Å². The summed E-state index contributed by atoms with van der Waals surface area (Å²) in [6.07, 6.45) is 1.05. The van der Waals surface area contributed by atoms with Crippen LogP contribution in [0.5, 0.6) is 0 Å². The highest BCUT2D eigenvalue weighted by atomic mass is 79.9. The van der Waals surface area contributed by atoms with Crippen molar-refractivity contribution in [3.8, 4) is 22.3 Å². The maximum atomic E-state index is 3.64. The molecule has 1 heteroatoms. The Hall–Kier alpha value is -1.86. The predicted octanol–water partition coefficient (Wildman–Crippen LogP) is 5.69. The molecule has 3 aromatic rings. The minimum absolute atomic E-state index is 1.05. The minimum atomic E-state index is 1.05. The summed E-state index contributed by atoms with van der Waals surface area (Å²) in [5, 5.41) is 0. The predicted molar refractivity (Wildman–Crippen MR) is 87.8 cm³/mol. The zero-order valence-corrected chi connectivity index (χ0v) is 12.5. The van der Waals surface area contributed by atoms with Crippen molar-refractivity contribution in [2.45, 2.75) is 6.42 Å². The third-order valence-corrected chi connectivity index (χ3v) is 4.67. The Labute approximate surface area is 127 Å². The molecule has 0 fully saturated rings. The highest BCUT2D eigenvalue weighted by molar-refractivity contribution is 9.10. The highest BCUT2D eigenvalue weighted by Gasteiger charge is 2.18. The van der Waals surface area contributed by atoms with E-state index in [-0.39, 0.29) is 0 Å². The molecule has 0 N–H and O–H groups in total. The maximum absolute atomic E-state index is 3.64. The topological polar surface area (TPSA) is 0 Å². The van der Waals surface area contributed by atoms with E-state index >= 15 is 0 Å². The highest BCUT2D eigenvalue weighted by Crippen LogP contribution is 2.39. The van der Waals surface area contributed by atoms with Crippen LogP contribution in [0.1, 0.15) is 11.1 Å². The fourth-order valence-electron chi connectivity index (χ4n) is 3.01. The molecular weight excluding hydrogens is 308 g/mol. The van der Waals surface area contributed by atoms with Crippen LogP contribution in [0.4, 0.5) is 0 Å². The lowest BCUT2D eigenvalue weighted by Gasteiger charge is -2.07. The molecule has 0 heterocycles. The van der Waals surface area contributed by atoms with Gasteiger partial charge in [0.1, 0.15) is 0 Å². The van der Waals surface area contributed by atoms with Crippen LogP contribution < -0.4 is 0 Å². The number of hydrogen-bond acceptors (Lipinski definition) is 0. The van der Waals surface area contributed by atoms with Gasteiger partial charge >= 0.3 is 0 Å². The van der Waals surface area contributed by atoms with Crippen molar-refractivity contribution >= 4 is 15.9 Å².